The van der Waals surface area contributed by atoms with Gasteiger partial charge in [-0.3, -0.25) is 5.01 Å². The van der Waals surface area contributed by atoms with Crippen LogP contribution in [0.5, 0.6) is 0 Å². The molecule has 0 atom stereocenters. The van der Waals surface area contributed by atoms with Crippen LogP contribution in [0.1, 0.15) is 0 Å². The highest BCUT2D eigenvalue weighted by Gasteiger charge is 1.84. The van der Waals surface area contributed by atoms with Gasteiger partial charge in [-0.25, -0.2) is 0 Å². The molecule has 0 fully saturated rings. The summed E-state index contributed by atoms with van der Waals surface area (Å²) in [5, 5.41) is 13.5. The molecule has 0 bridgehead atoms. The largest absolute Gasteiger partial charge is 0.394 e. The van der Waals surface area contributed by atoms with Crippen LogP contribution >= 0.6 is 0 Å². The van der Waals surface area contributed by atoms with E-state index in [4.69, 9.17) is 10.8 Å². The number of rotatable bonds is 3. The average Bonchev–Trinajstić information content (AvgIpc) is 1.68. The molecule has 8 heavy (non-hydrogen) atoms. The van der Waals surface area contributed by atoms with Gasteiger partial charge in [-0.2, -0.15) is 5.10 Å². The van der Waals surface area contributed by atoms with Crippen LogP contribution in [-0.2, 0) is 0 Å². The first-order valence-electron chi connectivity index (χ1n) is 2.37. The molecule has 0 aromatic rings. The summed E-state index contributed by atoms with van der Waals surface area (Å²) in [5.74, 6) is 0. The molecule has 0 aromatic carbocycles. The summed E-state index contributed by atoms with van der Waals surface area (Å²) in [6.07, 6.45) is 1.19. The first-order valence-corrected chi connectivity index (χ1v) is 2.37. The molecule has 0 saturated carbocycles. The van der Waals surface area contributed by atoms with Crippen molar-refractivity contribution >= 4 is 6.34 Å². The zero-order valence-electron chi connectivity index (χ0n) is 4.91. The third kappa shape index (κ3) is 3.42. The molecule has 48 valence electrons. The minimum Gasteiger partial charge on any atom is -0.394 e. The van der Waals surface area contributed by atoms with E-state index in [0.717, 1.165) is 0 Å². The first-order chi connectivity index (χ1) is 3.81. The number of aliphatic hydroxyl groups is 1. The molecule has 0 aliphatic rings. The Balaban J connectivity index is 3.17. The Morgan fingerprint density at radius 3 is 2.88 bits per heavy atom. The number of hydrazone groups is 1. The van der Waals surface area contributed by atoms with E-state index >= 15 is 0 Å². The Labute approximate surface area is 48.6 Å². The van der Waals surface area contributed by atoms with Gasteiger partial charge in [-0.15, -0.1) is 0 Å². The fourth-order valence-electron chi connectivity index (χ4n) is 0.316. The number of hydrogen-bond acceptors (Lipinski definition) is 3. The highest BCUT2D eigenvalue weighted by molar-refractivity contribution is 5.50. The molecular weight excluding hydrogens is 106 g/mol. The normalized spacial score (nSPS) is 10.2. The number of nitrogens with zero attached hydrogens (tertiary/aromatic N) is 2. The first kappa shape index (κ1) is 7.23. The third-order valence-corrected chi connectivity index (χ3v) is 0.687. The van der Waals surface area contributed by atoms with Crippen LogP contribution < -0.4 is 5.73 Å². The zero-order chi connectivity index (χ0) is 6.41. The third-order valence-electron chi connectivity index (χ3n) is 0.687. The van der Waals surface area contributed by atoms with Crippen molar-refractivity contribution in [2.24, 2.45) is 10.8 Å². The van der Waals surface area contributed by atoms with Crippen LogP contribution in [0.2, 0.25) is 0 Å². The summed E-state index contributed by atoms with van der Waals surface area (Å²) in [4.78, 5) is 0. The molecule has 4 nitrogen and oxygen atoms in total. The number of aliphatic hydroxyl groups excluding tert-OH is 1. The van der Waals surface area contributed by atoms with Gasteiger partial charge in [0, 0.05) is 7.05 Å². The molecule has 0 amide bonds. The van der Waals surface area contributed by atoms with E-state index < -0.39 is 0 Å². The van der Waals surface area contributed by atoms with Gasteiger partial charge in [-0.05, 0) is 0 Å². The Morgan fingerprint density at radius 1 is 1.88 bits per heavy atom. The molecule has 0 radical (unpaired) electrons. The highest BCUT2D eigenvalue weighted by Crippen LogP contribution is 1.76. The smallest absolute Gasteiger partial charge is 0.106 e. The van der Waals surface area contributed by atoms with Crippen molar-refractivity contribution in [2.45, 2.75) is 0 Å². The summed E-state index contributed by atoms with van der Waals surface area (Å²) >= 11 is 0. The molecule has 3 N–H and O–H groups in total. The van der Waals surface area contributed by atoms with Gasteiger partial charge in [0.05, 0.1) is 13.2 Å². The maximum Gasteiger partial charge on any atom is 0.106 e. The van der Waals surface area contributed by atoms with Crippen molar-refractivity contribution in [1.82, 2.24) is 5.01 Å². The molecule has 0 saturated heterocycles. The minimum absolute atomic E-state index is 0.105. The highest BCUT2D eigenvalue weighted by atomic mass is 16.3. The van der Waals surface area contributed by atoms with Crippen LogP contribution in [0.3, 0.4) is 0 Å². The van der Waals surface area contributed by atoms with E-state index in [9.17, 15) is 0 Å². The Kier molecular flexibility index (Phi) is 3.97. The number of likely N-dealkylation sites (N-methyl/N-ethyl adjacent to an activating group) is 1. The Bertz CT molecular complexity index is 73.7. The maximum absolute atomic E-state index is 8.31. The van der Waals surface area contributed by atoms with Crippen LogP contribution in [0.15, 0.2) is 5.10 Å². The van der Waals surface area contributed by atoms with E-state index in [1.807, 2.05) is 0 Å². The summed E-state index contributed by atoms with van der Waals surface area (Å²) in [5.41, 5.74) is 4.94. The summed E-state index contributed by atoms with van der Waals surface area (Å²) < 4.78 is 0. The predicted molar refractivity (Wildman–Crippen MR) is 32.4 cm³/mol. The molecule has 0 aliphatic carbocycles. The maximum atomic E-state index is 8.31. The average molecular weight is 117 g/mol. The second-order valence-electron chi connectivity index (χ2n) is 1.37. The van der Waals surface area contributed by atoms with Crippen LogP contribution in [0, 0.1) is 0 Å². The zero-order valence-corrected chi connectivity index (χ0v) is 4.91. The molecule has 0 spiro atoms. The van der Waals surface area contributed by atoms with Gasteiger partial charge in [0.2, 0.25) is 0 Å². The van der Waals surface area contributed by atoms with Crippen molar-refractivity contribution in [3.05, 3.63) is 0 Å². The number of nitrogens with two attached hydrogens (primary N) is 1. The second-order valence-corrected chi connectivity index (χ2v) is 1.37. The van der Waals surface area contributed by atoms with Crippen LogP contribution in [-0.4, -0.2) is 36.7 Å². The SMILES string of the molecule is CN(CCO)/N=C\N. The van der Waals surface area contributed by atoms with E-state index in [1.165, 1.54) is 6.34 Å². The lowest BCUT2D eigenvalue weighted by molar-refractivity contribution is 0.227. The second kappa shape index (κ2) is 4.39. The summed E-state index contributed by atoms with van der Waals surface area (Å²) in [6.45, 7) is 0.627. The Morgan fingerprint density at radius 2 is 2.50 bits per heavy atom. The minimum atomic E-state index is 0.105. The van der Waals surface area contributed by atoms with Crippen molar-refractivity contribution in [2.75, 3.05) is 20.2 Å². The monoisotopic (exact) mass is 117 g/mol. The molecule has 0 aliphatic heterocycles. The van der Waals surface area contributed by atoms with E-state index in [1.54, 1.807) is 12.1 Å². The lowest BCUT2D eigenvalue weighted by Gasteiger charge is -2.07. The molecular formula is C4H11N3O. The molecule has 0 aromatic heterocycles. The van der Waals surface area contributed by atoms with Crippen LogP contribution in [0.25, 0.3) is 0 Å². The van der Waals surface area contributed by atoms with Crippen LogP contribution in [0.4, 0.5) is 0 Å². The van der Waals surface area contributed by atoms with E-state index in [2.05, 4.69) is 5.10 Å². The van der Waals surface area contributed by atoms with E-state index in [0.29, 0.717) is 6.54 Å². The van der Waals surface area contributed by atoms with Gasteiger partial charge in [0.1, 0.15) is 6.34 Å². The standard InChI is InChI=1S/C4H11N3O/c1-7(2-3-8)6-4-5/h4,8H,2-3H2,1H3,(H2,5,6). The molecule has 0 unspecified atom stereocenters. The van der Waals surface area contributed by atoms with Crippen molar-refractivity contribution in [3.63, 3.8) is 0 Å². The quantitative estimate of drug-likeness (QED) is 0.277. The lowest BCUT2D eigenvalue weighted by atomic mass is 10.7. The van der Waals surface area contributed by atoms with Gasteiger partial charge in [-0.1, -0.05) is 0 Å². The Hall–Kier alpha value is -0.770. The fraction of sp³-hybridized carbons (Fsp3) is 0.750. The fourth-order valence-corrected chi connectivity index (χ4v) is 0.316. The van der Waals surface area contributed by atoms with Crippen molar-refractivity contribution < 1.29 is 5.11 Å². The molecule has 4 heteroatoms. The molecule has 0 heterocycles. The van der Waals surface area contributed by atoms with Gasteiger partial charge >= 0.3 is 0 Å². The predicted octanol–water partition coefficient (Wildman–Crippen LogP) is -1.19. The summed E-state index contributed by atoms with van der Waals surface area (Å²) in [7, 11) is 1.74. The summed E-state index contributed by atoms with van der Waals surface area (Å²) in [6, 6.07) is 0. The van der Waals surface area contributed by atoms with Crippen molar-refractivity contribution in [3.8, 4) is 0 Å². The number of hydrogen-bond donors (Lipinski definition) is 2. The van der Waals surface area contributed by atoms with Gasteiger partial charge in [0.15, 0.2) is 0 Å². The van der Waals surface area contributed by atoms with E-state index in [-0.39, 0.29) is 6.61 Å². The van der Waals surface area contributed by atoms with Gasteiger partial charge in [0.25, 0.3) is 0 Å². The van der Waals surface area contributed by atoms with Gasteiger partial charge < -0.3 is 10.8 Å². The molecule has 0 rings (SSSR count). The van der Waals surface area contributed by atoms with Crippen molar-refractivity contribution in [1.29, 1.82) is 0 Å². The topological polar surface area (TPSA) is 61.8 Å². The lowest BCUT2D eigenvalue weighted by Crippen LogP contribution is -2.16.